The number of amides is 1. The normalized spacial score (nSPS) is 18.1. The molecular weight excluding hydrogens is 306 g/mol. The van der Waals surface area contributed by atoms with Crippen LogP contribution in [0.5, 0.6) is 0 Å². The zero-order valence-electron chi connectivity index (χ0n) is 13.8. The maximum Gasteiger partial charge on any atom is 0.229 e. The van der Waals surface area contributed by atoms with Crippen LogP contribution in [-0.4, -0.2) is 46.3 Å². The van der Waals surface area contributed by atoms with Crippen LogP contribution in [0.4, 0.5) is 5.69 Å². The van der Waals surface area contributed by atoms with Crippen molar-refractivity contribution in [2.45, 2.75) is 19.0 Å². The van der Waals surface area contributed by atoms with Crippen LogP contribution in [0.3, 0.4) is 0 Å². The van der Waals surface area contributed by atoms with E-state index in [0.29, 0.717) is 25.5 Å². The van der Waals surface area contributed by atoms with Gasteiger partial charge in [-0.2, -0.15) is 5.10 Å². The molecule has 0 spiro atoms. The fourth-order valence-electron chi connectivity index (χ4n) is 2.69. The second-order valence-electron chi connectivity index (χ2n) is 5.61. The van der Waals surface area contributed by atoms with E-state index in [4.69, 9.17) is 0 Å². The fourth-order valence-corrected chi connectivity index (χ4v) is 2.69. The summed E-state index contributed by atoms with van der Waals surface area (Å²) < 4.78 is 1.70. The summed E-state index contributed by atoms with van der Waals surface area (Å²) in [4.78, 5) is 22.4. The van der Waals surface area contributed by atoms with Crippen LogP contribution in [0, 0.1) is 0 Å². The van der Waals surface area contributed by atoms with Gasteiger partial charge in [0.2, 0.25) is 5.91 Å². The van der Waals surface area contributed by atoms with Crippen LogP contribution in [0.1, 0.15) is 12.2 Å². The quantitative estimate of drug-likeness (QED) is 0.622. The Hall–Kier alpha value is -2.90. The Morgan fingerprint density at radius 1 is 1.38 bits per heavy atom. The number of hydrogen-bond donors (Lipinski definition) is 2. The standard InChI is InChI=1S/C16H21N7O/c1-17-16(18-9-14-19-11-20-22(14)2)21-12-8-15(24)23(10-12)13-6-4-3-5-7-13/h3-7,11-12H,8-10H2,1-2H3,(H2,17,18,21). The van der Waals surface area contributed by atoms with Gasteiger partial charge in [-0.25, -0.2) is 4.98 Å². The Balaban J connectivity index is 1.57. The first kappa shape index (κ1) is 16.0. The number of benzene rings is 1. The lowest BCUT2D eigenvalue weighted by molar-refractivity contribution is -0.117. The third-order valence-corrected chi connectivity index (χ3v) is 3.98. The molecule has 8 heteroatoms. The first-order chi connectivity index (χ1) is 11.7. The Kier molecular flexibility index (Phi) is 4.74. The van der Waals surface area contributed by atoms with E-state index in [1.807, 2.05) is 37.4 Å². The highest BCUT2D eigenvalue weighted by Crippen LogP contribution is 2.20. The van der Waals surface area contributed by atoms with Crippen LogP contribution >= 0.6 is 0 Å². The molecular formula is C16H21N7O. The largest absolute Gasteiger partial charge is 0.351 e. The number of nitrogens with one attached hydrogen (secondary N) is 2. The number of nitrogens with zero attached hydrogens (tertiary/aromatic N) is 5. The van der Waals surface area contributed by atoms with Gasteiger partial charge in [0.15, 0.2) is 5.96 Å². The molecule has 126 valence electrons. The molecule has 1 fully saturated rings. The van der Waals surface area contributed by atoms with E-state index >= 15 is 0 Å². The molecule has 1 aromatic heterocycles. The molecule has 1 aliphatic heterocycles. The minimum absolute atomic E-state index is 0.0170. The molecule has 1 aliphatic rings. The lowest BCUT2D eigenvalue weighted by Gasteiger charge is -2.18. The minimum Gasteiger partial charge on any atom is -0.351 e. The van der Waals surface area contributed by atoms with E-state index in [-0.39, 0.29) is 11.9 Å². The molecule has 1 unspecified atom stereocenters. The molecule has 0 radical (unpaired) electrons. The molecule has 2 N–H and O–H groups in total. The second-order valence-corrected chi connectivity index (χ2v) is 5.61. The average Bonchev–Trinajstić information content (AvgIpc) is 3.17. The summed E-state index contributed by atoms with van der Waals surface area (Å²) >= 11 is 0. The molecule has 1 amide bonds. The number of aliphatic imine (C=N–C) groups is 1. The van der Waals surface area contributed by atoms with Gasteiger partial charge < -0.3 is 15.5 Å². The highest BCUT2D eigenvalue weighted by atomic mass is 16.2. The molecule has 1 aromatic carbocycles. The third-order valence-electron chi connectivity index (χ3n) is 3.98. The van der Waals surface area contributed by atoms with Crippen molar-refractivity contribution in [2.24, 2.45) is 12.0 Å². The van der Waals surface area contributed by atoms with Crippen molar-refractivity contribution in [3.8, 4) is 0 Å². The Morgan fingerprint density at radius 3 is 2.83 bits per heavy atom. The van der Waals surface area contributed by atoms with E-state index in [9.17, 15) is 4.79 Å². The minimum atomic E-state index is 0.0170. The molecule has 1 saturated heterocycles. The SMILES string of the molecule is CN=C(NCc1ncnn1C)NC1CC(=O)N(c2ccccc2)C1. The van der Waals surface area contributed by atoms with E-state index in [1.54, 1.807) is 16.6 Å². The highest BCUT2D eigenvalue weighted by molar-refractivity contribution is 5.97. The van der Waals surface area contributed by atoms with E-state index in [0.717, 1.165) is 11.5 Å². The summed E-state index contributed by atoms with van der Waals surface area (Å²) in [5.74, 6) is 1.57. The second kappa shape index (κ2) is 7.12. The lowest BCUT2D eigenvalue weighted by Crippen LogP contribution is -2.44. The van der Waals surface area contributed by atoms with Gasteiger partial charge in [0.05, 0.1) is 12.6 Å². The number of aromatic nitrogens is 3. The van der Waals surface area contributed by atoms with Gasteiger partial charge in [-0.1, -0.05) is 18.2 Å². The molecule has 24 heavy (non-hydrogen) atoms. The summed E-state index contributed by atoms with van der Waals surface area (Å²) in [5, 5.41) is 10.5. The van der Waals surface area contributed by atoms with Crippen molar-refractivity contribution in [3.63, 3.8) is 0 Å². The van der Waals surface area contributed by atoms with Crippen molar-refractivity contribution in [1.29, 1.82) is 0 Å². The maximum atomic E-state index is 12.2. The monoisotopic (exact) mass is 327 g/mol. The zero-order valence-corrected chi connectivity index (χ0v) is 13.8. The lowest BCUT2D eigenvalue weighted by atomic mass is 10.2. The number of para-hydroxylation sites is 1. The van der Waals surface area contributed by atoms with Gasteiger partial charge in [-0.05, 0) is 12.1 Å². The van der Waals surface area contributed by atoms with Crippen molar-refractivity contribution in [3.05, 3.63) is 42.5 Å². The Bertz CT molecular complexity index is 725. The molecule has 2 heterocycles. The number of aryl methyl sites for hydroxylation is 1. The van der Waals surface area contributed by atoms with Crippen molar-refractivity contribution in [1.82, 2.24) is 25.4 Å². The van der Waals surface area contributed by atoms with Crippen molar-refractivity contribution < 1.29 is 4.79 Å². The zero-order chi connectivity index (χ0) is 16.9. The topological polar surface area (TPSA) is 87.4 Å². The Morgan fingerprint density at radius 2 is 2.17 bits per heavy atom. The number of anilines is 1. The smallest absolute Gasteiger partial charge is 0.229 e. The number of carbonyl (C=O) groups is 1. The van der Waals surface area contributed by atoms with Crippen LogP contribution < -0.4 is 15.5 Å². The van der Waals surface area contributed by atoms with Crippen molar-refractivity contribution in [2.75, 3.05) is 18.5 Å². The van der Waals surface area contributed by atoms with Gasteiger partial charge >= 0.3 is 0 Å². The Labute approximate surface area is 140 Å². The van der Waals surface area contributed by atoms with E-state index < -0.39 is 0 Å². The average molecular weight is 327 g/mol. The van der Waals surface area contributed by atoms with Gasteiger partial charge in [0.1, 0.15) is 12.2 Å². The number of rotatable bonds is 4. The molecule has 2 aromatic rings. The summed E-state index contributed by atoms with van der Waals surface area (Å²) in [7, 11) is 3.55. The maximum absolute atomic E-state index is 12.2. The number of hydrogen-bond acceptors (Lipinski definition) is 4. The first-order valence-electron chi connectivity index (χ1n) is 7.83. The highest BCUT2D eigenvalue weighted by Gasteiger charge is 2.31. The predicted molar refractivity (Wildman–Crippen MR) is 91.5 cm³/mol. The van der Waals surface area contributed by atoms with Crippen LogP contribution in [0.15, 0.2) is 41.7 Å². The van der Waals surface area contributed by atoms with Gasteiger partial charge in [-0.15, -0.1) is 0 Å². The molecule has 0 bridgehead atoms. The van der Waals surface area contributed by atoms with E-state index in [2.05, 4.69) is 25.7 Å². The van der Waals surface area contributed by atoms with Gasteiger partial charge in [0.25, 0.3) is 0 Å². The summed E-state index contributed by atoms with van der Waals surface area (Å²) in [6.45, 7) is 1.13. The van der Waals surface area contributed by atoms with Crippen LogP contribution in [0.2, 0.25) is 0 Å². The van der Waals surface area contributed by atoms with Gasteiger partial charge in [-0.3, -0.25) is 14.5 Å². The van der Waals surface area contributed by atoms with Crippen LogP contribution in [-0.2, 0) is 18.4 Å². The first-order valence-corrected chi connectivity index (χ1v) is 7.83. The molecule has 1 atom stereocenters. The van der Waals surface area contributed by atoms with Crippen molar-refractivity contribution >= 4 is 17.6 Å². The van der Waals surface area contributed by atoms with Crippen LogP contribution in [0.25, 0.3) is 0 Å². The molecule has 8 nitrogen and oxygen atoms in total. The van der Waals surface area contributed by atoms with E-state index in [1.165, 1.54) is 6.33 Å². The number of carbonyl (C=O) groups excluding carboxylic acids is 1. The number of guanidine groups is 1. The third kappa shape index (κ3) is 3.53. The summed E-state index contributed by atoms with van der Waals surface area (Å²) in [6.07, 6.45) is 1.96. The summed E-state index contributed by atoms with van der Waals surface area (Å²) in [6, 6.07) is 9.72. The molecule has 0 saturated carbocycles. The molecule has 0 aliphatic carbocycles. The predicted octanol–water partition coefficient (Wildman–Crippen LogP) is 0.286. The summed E-state index contributed by atoms with van der Waals surface area (Å²) in [5.41, 5.74) is 0.925. The van der Waals surface area contributed by atoms with Gasteiger partial charge in [0, 0.05) is 32.7 Å². The molecule has 3 rings (SSSR count). The fraction of sp³-hybridized carbons (Fsp3) is 0.375.